The van der Waals surface area contributed by atoms with Crippen molar-refractivity contribution in [2.45, 2.75) is 44.6 Å². The lowest BCUT2D eigenvalue weighted by molar-refractivity contribution is -0.142. The molecule has 1 amide bonds. The van der Waals surface area contributed by atoms with E-state index < -0.39 is 0 Å². The summed E-state index contributed by atoms with van der Waals surface area (Å²) >= 11 is 6.12. The Bertz CT molecular complexity index is 534. The largest absolute Gasteiger partial charge is 0.341 e. The van der Waals surface area contributed by atoms with E-state index in [4.69, 9.17) is 11.6 Å². The van der Waals surface area contributed by atoms with Crippen LogP contribution in [-0.2, 0) is 11.2 Å². The number of hydrogen-bond acceptors (Lipinski definition) is 2. The highest BCUT2D eigenvalue weighted by molar-refractivity contribution is 6.30. The first-order chi connectivity index (χ1) is 10.6. The molecule has 2 aliphatic rings. The van der Waals surface area contributed by atoms with Crippen molar-refractivity contribution >= 4 is 17.5 Å². The van der Waals surface area contributed by atoms with E-state index >= 15 is 0 Å². The monoisotopic (exact) mass is 320 g/mol. The predicted octanol–water partition coefficient (Wildman–Crippen LogP) is 3.26. The molecule has 1 heterocycles. The van der Waals surface area contributed by atoms with Crippen LogP contribution in [0.3, 0.4) is 0 Å². The normalized spacial score (nSPS) is 23.6. The van der Waals surface area contributed by atoms with Crippen LogP contribution in [0.2, 0.25) is 5.02 Å². The van der Waals surface area contributed by atoms with E-state index in [2.05, 4.69) is 11.4 Å². The molecule has 1 saturated heterocycles. The SMILES string of the molecule is CN(C(=O)C1(Cc2cccc(Cl)c2)CCCC1)C1CCNC1. The van der Waals surface area contributed by atoms with Crippen molar-refractivity contribution in [3.8, 4) is 0 Å². The standard InChI is InChI=1S/C18H25ClN2O/c1-21(16-7-10-20-13-16)17(22)18(8-2-3-9-18)12-14-5-4-6-15(19)11-14/h4-6,11,16,20H,2-3,7-10,12-13H2,1H3. The third-order valence-corrected chi connectivity index (χ3v) is 5.58. The second kappa shape index (κ2) is 6.59. The summed E-state index contributed by atoms with van der Waals surface area (Å²) in [6.45, 7) is 1.94. The lowest BCUT2D eigenvalue weighted by Gasteiger charge is -2.35. The van der Waals surface area contributed by atoms with Crippen molar-refractivity contribution in [1.29, 1.82) is 0 Å². The second-order valence-electron chi connectivity index (χ2n) is 6.86. The van der Waals surface area contributed by atoms with Crippen LogP contribution in [0.4, 0.5) is 0 Å². The van der Waals surface area contributed by atoms with Gasteiger partial charge in [0.05, 0.1) is 5.41 Å². The second-order valence-corrected chi connectivity index (χ2v) is 7.29. The molecule has 120 valence electrons. The number of likely N-dealkylation sites (N-methyl/N-ethyl adjacent to an activating group) is 1. The number of carbonyl (C=O) groups excluding carboxylic acids is 1. The van der Waals surface area contributed by atoms with Gasteiger partial charge in [0.2, 0.25) is 5.91 Å². The average molecular weight is 321 g/mol. The third kappa shape index (κ3) is 3.16. The lowest BCUT2D eigenvalue weighted by atomic mass is 9.78. The molecule has 1 aromatic rings. The van der Waals surface area contributed by atoms with Gasteiger partial charge in [-0.1, -0.05) is 36.6 Å². The molecule has 3 nitrogen and oxygen atoms in total. The molecule has 0 aromatic heterocycles. The number of carbonyl (C=O) groups is 1. The van der Waals surface area contributed by atoms with Crippen LogP contribution in [0, 0.1) is 5.41 Å². The highest BCUT2D eigenvalue weighted by Crippen LogP contribution is 2.43. The minimum absolute atomic E-state index is 0.220. The smallest absolute Gasteiger partial charge is 0.229 e. The number of nitrogens with one attached hydrogen (secondary N) is 1. The van der Waals surface area contributed by atoms with Gasteiger partial charge in [-0.05, 0) is 49.9 Å². The number of amides is 1. The zero-order valence-electron chi connectivity index (χ0n) is 13.3. The Morgan fingerprint density at radius 1 is 1.41 bits per heavy atom. The maximum absolute atomic E-state index is 13.2. The lowest BCUT2D eigenvalue weighted by Crippen LogP contribution is -2.47. The van der Waals surface area contributed by atoms with E-state index in [0.29, 0.717) is 11.9 Å². The van der Waals surface area contributed by atoms with Crippen LogP contribution in [0.5, 0.6) is 0 Å². The van der Waals surface area contributed by atoms with Crippen molar-refractivity contribution in [1.82, 2.24) is 10.2 Å². The van der Waals surface area contributed by atoms with E-state index in [0.717, 1.165) is 56.6 Å². The van der Waals surface area contributed by atoms with Crippen molar-refractivity contribution in [2.24, 2.45) is 5.41 Å². The fourth-order valence-corrected chi connectivity index (χ4v) is 4.28. The average Bonchev–Trinajstić information content (AvgIpc) is 3.18. The van der Waals surface area contributed by atoms with Gasteiger partial charge in [-0.15, -0.1) is 0 Å². The molecule has 1 aliphatic carbocycles. The van der Waals surface area contributed by atoms with E-state index in [1.807, 2.05) is 30.1 Å². The van der Waals surface area contributed by atoms with Crippen LogP contribution in [0.25, 0.3) is 0 Å². The van der Waals surface area contributed by atoms with Crippen molar-refractivity contribution in [3.05, 3.63) is 34.9 Å². The summed E-state index contributed by atoms with van der Waals surface area (Å²) in [7, 11) is 1.98. The fourth-order valence-electron chi connectivity index (χ4n) is 4.07. The number of nitrogens with zero attached hydrogens (tertiary/aromatic N) is 1. The third-order valence-electron chi connectivity index (χ3n) is 5.35. The minimum Gasteiger partial charge on any atom is -0.341 e. The Morgan fingerprint density at radius 3 is 2.82 bits per heavy atom. The van der Waals surface area contributed by atoms with Crippen LogP contribution < -0.4 is 5.32 Å². The van der Waals surface area contributed by atoms with E-state index in [-0.39, 0.29) is 5.41 Å². The summed E-state index contributed by atoms with van der Waals surface area (Å²) in [5.41, 5.74) is 0.961. The van der Waals surface area contributed by atoms with Gasteiger partial charge in [-0.2, -0.15) is 0 Å². The van der Waals surface area contributed by atoms with Gasteiger partial charge in [0.15, 0.2) is 0 Å². The first-order valence-corrected chi connectivity index (χ1v) is 8.71. The van der Waals surface area contributed by atoms with Crippen LogP contribution >= 0.6 is 11.6 Å². The van der Waals surface area contributed by atoms with Crippen LogP contribution in [0.15, 0.2) is 24.3 Å². The summed E-state index contributed by atoms with van der Waals surface area (Å²) in [6.07, 6.45) is 6.20. The minimum atomic E-state index is -0.220. The topological polar surface area (TPSA) is 32.3 Å². The molecule has 0 radical (unpaired) electrons. The summed E-state index contributed by atoms with van der Waals surface area (Å²) in [5, 5.41) is 4.11. The Labute approximate surface area is 138 Å². The molecule has 0 bridgehead atoms. The molecule has 1 saturated carbocycles. The maximum atomic E-state index is 13.2. The van der Waals surface area contributed by atoms with Gasteiger partial charge < -0.3 is 10.2 Å². The number of hydrogen-bond donors (Lipinski definition) is 1. The number of benzene rings is 1. The first-order valence-electron chi connectivity index (χ1n) is 8.33. The van der Waals surface area contributed by atoms with E-state index in [1.54, 1.807) is 0 Å². The Balaban J connectivity index is 1.79. The number of rotatable bonds is 4. The quantitative estimate of drug-likeness (QED) is 0.923. The van der Waals surface area contributed by atoms with Gasteiger partial charge in [-0.25, -0.2) is 0 Å². The zero-order chi connectivity index (χ0) is 15.6. The van der Waals surface area contributed by atoms with E-state index in [9.17, 15) is 4.79 Å². The van der Waals surface area contributed by atoms with Crippen molar-refractivity contribution in [3.63, 3.8) is 0 Å². The van der Waals surface area contributed by atoms with E-state index in [1.165, 1.54) is 5.56 Å². The van der Waals surface area contributed by atoms with Crippen LogP contribution in [0.1, 0.15) is 37.7 Å². The first kappa shape index (κ1) is 15.8. The fraction of sp³-hybridized carbons (Fsp3) is 0.611. The summed E-state index contributed by atoms with van der Waals surface area (Å²) in [5.74, 6) is 0.332. The van der Waals surface area contributed by atoms with Crippen LogP contribution in [-0.4, -0.2) is 37.0 Å². The molecule has 1 aliphatic heterocycles. The molecule has 22 heavy (non-hydrogen) atoms. The molecule has 4 heteroatoms. The molecule has 1 N–H and O–H groups in total. The Morgan fingerprint density at radius 2 is 2.18 bits per heavy atom. The highest BCUT2D eigenvalue weighted by atomic mass is 35.5. The Hall–Kier alpha value is -1.06. The van der Waals surface area contributed by atoms with Gasteiger partial charge in [-0.3, -0.25) is 4.79 Å². The van der Waals surface area contributed by atoms with Gasteiger partial charge in [0.25, 0.3) is 0 Å². The molecular formula is C18H25ClN2O. The molecule has 1 atom stereocenters. The zero-order valence-corrected chi connectivity index (χ0v) is 14.0. The van der Waals surface area contributed by atoms with Crippen molar-refractivity contribution in [2.75, 3.05) is 20.1 Å². The van der Waals surface area contributed by atoms with Crippen molar-refractivity contribution < 1.29 is 4.79 Å². The van der Waals surface area contributed by atoms with Gasteiger partial charge in [0, 0.05) is 24.7 Å². The summed E-state index contributed by atoms with van der Waals surface area (Å²) in [4.78, 5) is 15.2. The number of halogens is 1. The van der Waals surface area contributed by atoms with Gasteiger partial charge in [0.1, 0.15) is 0 Å². The molecule has 0 spiro atoms. The summed E-state index contributed by atoms with van der Waals surface area (Å²) in [6, 6.07) is 8.33. The molecule has 1 unspecified atom stereocenters. The molecule has 2 fully saturated rings. The summed E-state index contributed by atoms with van der Waals surface area (Å²) < 4.78 is 0. The molecular weight excluding hydrogens is 296 g/mol. The highest BCUT2D eigenvalue weighted by Gasteiger charge is 2.44. The molecule has 3 rings (SSSR count). The maximum Gasteiger partial charge on any atom is 0.229 e. The van der Waals surface area contributed by atoms with Gasteiger partial charge >= 0.3 is 0 Å². The Kier molecular flexibility index (Phi) is 4.74. The predicted molar refractivity (Wildman–Crippen MR) is 90.1 cm³/mol. The molecule has 1 aromatic carbocycles.